The van der Waals surface area contributed by atoms with Gasteiger partial charge >= 0.3 is 5.97 Å². The van der Waals surface area contributed by atoms with Gasteiger partial charge in [0.2, 0.25) is 0 Å². The second-order valence-corrected chi connectivity index (χ2v) is 6.62. The van der Waals surface area contributed by atoms with Gasteiger partial charge in [-0.05, 0) is 48.3 Å². The van der Waals surface area contributed by atoms with Crippen LogP contribution in [0, 0.1) is 41.4 Å². The van der Waals surface area contributed by atoms with Crippen molar-refractivity contribution in [3.8, 4) is 0 Å². The number of carbonyl (C=O) groups is 1. The smallest absolute Gasteiger partial charge is 0.302 e. The molecule has 0 heterocycles. The van der Waals surface area contributed by atoms with E-state index >= 15 is 0 Å². The molecule has 0 aliphatic heterocycles. The largest absolute Gasteiger partial charge is 0.465 e. The summed E-state index contributed by atoms with van der Waals surface area (Å²) >= 11 is 0. The molecule has 3 nitrogen and oxygen atoms in total. The quantitative estimate of drug-likeness (QED) is 0.459. The van der Waals surface area contributed by atoms with Crippen LogP contribution in [-0.2, 0) is 9.53 Å². The number of carbonyl (C=O) groups excluding carboxylic acids is 1. The Morgan fingerprint density at radius 2 is 1.89 bits per heavy atom. The third-order valence-corrected chi connectivity index (χ3v) is 6.02. The first-order chi connectivity index (χ1) is 8.66. The molecule has 3 saturated carbocycles. The lowest BCUT2D eigenvalue weighted by molar-refractivity contribution is -0.145. The average Bonchev–Trinajstić information content (AvgIpc) is 3.04. The average molecular weight is 248 g/mol. The molecule has 3 heteroatoms. The first-order valence-electron chi connectivity index (χ1n) is 7.16. The highest BCUT2D eigenvalue weighted by Gasteiger charge is 2.64. The van der Waals surface area contributed by atoms with Crippen LogP contribution in [0.3, 0.4) is 0 Å². The molecule has 8 atom stereocenters. The van der Waals surface area contributed by atoms with Crippen molar-refractivity contribution in [2.75, 3.05) is 6.61 Å². The Balaban J connectivity index is 1.56. The number of aliphatic hydroxyl groups excluding tert-OH is 1. The zero-order valence-corrected chi connectivity index (χ0v) is 10.7. The molecule has 0 aromatic heterocycles. The zero-order valence-electron chi connectivity index (χ0n) is 10.7. The summed E-state index contributed by atoms with van der Waals surface area (Å²) in [7, 11) is 0. The minimum absolute atomic E-state index is 0.188. The van der Waals surface area contributed by atoms with Crippen LogP contribution >= 0.6 is 0 Å². The summed E-state index contributed by atoms with van der Waals surface area (Å²) in [6, 6.07) is 0. The van der Waals surface area contributed by atoms with Crippen molar-refractivity contribution >= 4 is 5.97 Å². The van der Waals surface area contributed by atoms with Gasteiger partial charge in [0.1, 0.15) is 0 Å². The van der Waals surface area contributed by atoms with Crippen molar-refractivity contribution in [1.29, 1.82) is 0 Å². The predicted molar refractivity (Wildman–Crippen MR) is 65.4 cm³/mol. The Morgan fingerprint density at radius 1 is 1.22 bits per heavy atom. The van der Waals surface area contributed by atoms with Crippen molar-refractivity contribution < 1.29 is 14.6 Å². The van der Waals surface area contributed by atoms with E-state index in [1.54, 1.807) is 0 Å². The number of hydrogen-bond donors (Lipinski definition) is 1. The maximum Gasteiger partial charge on any atom is 0.302 e. The normalized spacial score (nSPS) is 55.0. The maximum atomic E-state index is 11.0. The highest BCUT2D eigenvalue weighted by Crippen LogP contribution is 2.66. The van der Waals surface area contributed by atoms with Gasteiger partial charge in [-0.3, -0.25) is 4.79 Å². The van der Waals surface area contributed by atoms with Crippen LogP contribution in [0.2, 0.25) is 0 Å². The Labute approximate surface area is 107 Å². The number of allylic oxidation sites excluding steroid dienone is 2. The van der Waals surface area contributed by atoms with Gasteiger partial charge in [-0.1, -0.05) is 12.2 Å². The van der Waals surface area contributed by atoms with E-state index < -0.39 is 0 Å². The highest BCUT2D eigenvalue weighted by molar-refractivity contribution is 5.65. The van der Waals surface area contributed by atoms with E-state index in [1.807, 2.05) is 0 Å². The number of ether oxygens (including phenoxy) is 1. The molecule has 0 aromatic rings. The standard InChI is InChI=1S/C15H20O3/c1-7(16)18-6-12-10-5-11(15(12)17)14-9-3-2-8(4-9)13(10)14/h2-3,8-15,17H,4-6H2,1H3. The molecule has 4 rings (SSSR count). The molecule has 1 N–H and O–H groups in total. The van der Waals surface area contributed by atoms with E-state index in [1.165, 1.54) is 13.3 Å². The summed E-state index contributed by atoms with van der Waals surface area (Å²) < 4.78 is 5.16. The third kappa shape index (κ3) is 1.26. The third-order valence-electron chi connectivity index (χ3n) is 6.02. The summed E-state index contributed by atoms with van der Waals surface area (Å²) in [6.07, 6.45) is 6.97. The molecule has 4 aliphatic rings. The first-order valence-corrected chi connectivity index (χ1v) is 7.16. The lowest BCUT2D eigenvalue weighted by Crippen LogP contribution is -2.42. The summed E-state index contributed by atoms with van der Waals surface area (Å²) in [4.78, 5) is 11.0. The highest BCUT2D eigenvalue weighted by atomic mass is 16.5. The van der Waals surface area contributed by atoms with E-state index in [2.05, 4.69) is 12.2 Å². The van der Waals surface area contributed by atoms with Crippen LogP contribution in [0.25, 0.3) is 0 Å². The number of fused-ring (bicyclic) bond motifs is 9. The minimum Gasteiger partial charge on any atom is -0.465 e. The van der Waals surface area contributed by atoms with Crippen LogP contribution in [-0.4, -0.2) is 23.8 Å². The monoisotopic (exact) mass is 248 g/mol. The topological polar surface area (TPSA) is 46.5 Å². The molecule has 98 valence electrons. The van der Waals surface area contributed by atoms with Crippen molar-refractivity contribution in [2.24, 2.45) is 41.4 Å². The van der Waals surface area contributed by atoms with Gasteiger partial charge in [-0.25, -0.2) is 0 Å². The Kier molecular flexibility index (Phi) is 2.20. The molecule has 0 saturated heterocycles. The number of esters is 1. The van der Waals surface area contributed by atoms with Gasteiger partial charge in [0.15, 0.2) is 0 Å². The minimum atomic E-state index is -0.247. The van der Waals surface area contributed by atoms with E-state index in [4.69, 9.17) is 4.74 Å². The fourth-order valence-electron chi connectivity index (χ4n) is 5.57. The van der Waals surface area contributed by atoms with E-state index in [0.717, 1.165) is 24.2 Å². The van der Waals surface area contributed by atoms with Crippen LogP contribution in [0.4, 0.5) is 0 Å². The molecule has 4 aliphatic carbocycles. The zero-order chi connectivity index (χ0) is 12.4. The van der Waals surface area contributed by atoms with Crippen LogP contribution < -0.4 is 0 Å². The summed E-state index contributed by atoms with van der Waals surface area (Å²) in [6.45, 7) is 1.87. The van der Waals surface area contributed by atoms with Gasteiger partial charge in [0.25, 0.3) is 0 Å². The SMILES string of the molecule is CC(=O)OCC1C(O)C2CC1C1C3C=CC(C3)C21. The van der Waals surface area contributed by atoms with Gasteiger partial charge in [0.05, 0.1) is 12.7 Å². The van der Waals surface area contributed by atoms with Crippen LogP contribution in [0.5, 0.6) is 0 Å². The number of rotatable bonds is 2. The molecule has 8 unspecified atom stereocenters. The molecule has 0 aromatic carbocycles. The summed E-state index contributed by atoms with van der Waals surface area (Å²) in [5.41, 5.74) is 0. The fraction of sp³-hybridized carbons (Fsp3) is 0.800. The summed E-state index contributed by atoms with van der Waals surface area (Å²) in [5.74, 6) is 3.93. The molecule has 0 spiro atoms. The number of hydrogen-bond acceptors (Lipinski definition) is 3. The van der Waals surface area contributed by atoms with Crippen LogP contribution in [0.15, 0.2) is 12.2 Å². The summed E-state index contributed by atoms with van der Waals surface area (Å²) in [5, 5.41) is 10.5. The van der Waals surface area contributed by atoms with Gasteiger partial charge < -0.3 is 9.84 Å². The lowest BCUT2D eigenvalue weighted by atomic mass is 9.68. The van der Waals surface area contributed by atoms with E-state index in [0.29, 0.717) is 24.4 Å². The molecular formula is C15H20O3. The Hall–Kier alpha value is -0.830. The second-order valence-electron chi connectivity index (χ2n) is 6.62. The van der Waals surface area contributed by atoms with Crippen molar-refractivity contribution in [2.45, 2.75) is 25.9 Å². The molecule has 4 bridgehead atoms. The van der Waals surface area contributed by atoms with Gasteiger partial charge in [-0.15, -0.1) is 0 Å². The maximum absolute atomic E-state index is 11.0. The molecule has 3 fully saturated rings. The predicted octanol–water partition coefficient (Wildman–Crippen LogP) is 1.61. The molecular weight excluding hydrogens is 228 g/mol. The van der Waals surface area contributed by atoms with Gasteiger partial charge in [0, 0.05) is 12.8 Å². The molecule has 0 amide bonds. The van der Waals surface area contributed by atoms with Crippen LogP contribution in [0.1, 0.15) is 19.8 Å². The Morgan fingerprint density at radius 3 is 2.56 bits per heavy atom. The van der Waals surface area contributed by atoms with E-state index in [-0.39, 0.29) is 18.0 Å². The molecule has 18 heavy (non-hydrogen) atoms. The van der Waals surface area contributed by atoms with Crippen molar-refractivity contribution in [1.82, 2.24) is 0 Å². The fourth-order valence-corrected chi connectivity index (χ4v) is 5.57. The first kappa shape index (κ1) is 11.0. The Bertz CT molecular complexity index is 416. The number of aliphatic hydroxyl groups is 1. The lowest BCUT2D eigenvalue weighted by Gasteiger charge is -2.39. The van der Waals surface area contributed by atoms with Gasteiger partial charge in [-0.2, -0.15) is 0 Å². The van der Waals surface area contributed by atoms with Crippen molar-refractivity contribution in [3.63, 3.8) is 0 Å². The molecule has 0 radical (unpaired) electrons. The van der Waals surface area contributed by atoms with Crippen molar-refractivity contribution in [3.05, 3.63) is 12.2 Å². The second kappa shape index (κ2) is 3.60. The van der Waals surface area contributed by atoms with E-state index in [9.17, 15) is 9.90 Å².